The van der Waals surface area contributed by atoms with Crippen LogP contribution in [-0.2, 0) is 6.42 Å². The number of halogens is 1. The average Bonchev–Trinajstić information content (AvgIpc) is 2.97. The van der Waals surface area contributed by atoms with Crippen LogP contribution in [-0.4, -0.2) is 15.1 Å². The minimum atomic E-state index is -0.608. The Bertz CT molecular complexity index is 730. The minimum absolute atomic E-state index is 0.387. The lowest BCUT2D eigenvalue weighted by Crippen LogP contribution is -2.01. The van der Waals surface area contributed by atoms with Crippen molar-refractivity contribution in [2.24, 2.45) is 0 Å². The van der Waals surface area contributed by atoms with E-state index >= 15 is 0 Å². The van der Waals surface area contributed by atoms with Gasteiger partial charge in [0.05, 0.1) is 18.0 Å². The van der Waals surface area contributed by atoms with Gasteiger partial charge >= 0.3 is 0 Å². The van der Waals surface area contributed by atoms with Gasteiger partial charge in [0.15, 0.2) is 5.82 Å². The molecule has 1 N–H and O–H groups in total. The Kier molecular flexibility index (Phi) is 4.03. The summed E-state index contributed by atoms with van der Waals surface area (Å²) < 4.78 is 13.7. The van der Waals surface area contributed by atoms with E-state index in [1.165, 1.54) is 23.7 Å². The van der Waals surface area contributed by atoms with E-state index in [1.54, 1.807) is 6.07 Å². The molecule has 0 bridgehead atoms. The van der Waals surface area contributed by atoms with E-state index in [1.807, 2.05) is 35.7 Å². The molecule has 0 spiro atoms. The van der Waals surface area contributed by atoms with Crippen LogP contribution in [0.1, 0.15) is 17.4 Å². The van der Waals surface area contributed by atoms with Crippen molar-refractivity contribution in [3.63, 3.8) is 0 Å². The van der Waals surface area contributed by atoms with E-state index in [0.29, 0.717) is 17.0 Å². The Morgan fingerprint density at radius 1 is 1.19 bits per heavy atom. The van der Waals surface area contributed by atoms with Crippen LogP contribution in [0, 0.1) is 5.82 Å². The third-order valence-electron chi connectivity index (χ3n) is 3.14. The zero-order valence-corrected chi connectivity index (χ0v) is 11.9. The lowest BCUT2D eigenvalue weighted by Gasteiger charge is -2.08. The van der Waals surface area contributed by atoms with Crippen LogP contribution in [0.4, 0.5) is 4.39 Å². The minimum Gasteiger partial charge on any atom is -0.388 e. The van der Waals surface area contributed by atoms with Gasteiger partial charge < -0.3 is 5.11 Å². The van der Waals surface area contributed by atoms with E-state index < -0.39 is 6.10 Å². The van der Waals surface area contributed by atoms with Crippen LogP contribution in [0.3, 0.4) is 0 Å². The molecule has 106 valence electrons. The van der Waals surface area contributed by atoms with Gasteiger partial charge in [-0.05, 0) is 11.6 Å². The van der Waals surface area contributed by atoms with Gasteiger partial charge in [0.2, 0.25) is 0 Å². The largest absolute Gasteiger partial charge is 0.388 e. The summed E-state index contributed by atoms with van der Waals surface area (Å²) in [5, 5.41) is 12.6. The summed E-state index contributed by atoms with van der Waals surface area (Å²) in [7, 11) is 0. The third kappa shape index (κ3) is 3.15. The number of hydrogen-bond donors (Lipinski definition) is 1. The fourth-order valence-electron chi connectivity index (χ4n) is 2.06. The number of nitrogens with zero attached hydrogens (tertiary/aromatic N) is 2. The molecule has 2 aromatic heterocycles. The van der Waals surface area contributed by atoms with Crippen LogP contribution >= 0.6 is 11.3 Å². The topological polar surface area (TPSA) is 46.0 Å². The molecule has 21 heavy (non-hydrogen) atoms. The molecule has 0 radical (unpaired) electrons. The number of benzene rings is 1. The molecular weight excluding hydrogens is 287 g/mol. The van der Waals surface area contributed by atoms with Crippen LogP contribution in [0.15, 0.2) is 54.2 Å². The number of pyridine rings is 1. The Balaban J connectivity index is 1.78. The quantitative estimate of drug-likeness (QED) is 0.800. The molecule has 1 aromatic carbocycles. The summed E-state index contributed by atoms with van der Waals surface area (Å²) in [6.45, 7) is 0. The Hall–Kier alpha value is -2.11. The second-order valence-corrected chi connectivity index (χ2v) is 5.49. The zero-order valence-electron chi connectivity index (χ0n) is 11.1. The molecule has 0 fully saturated rings. The lowest BCUT2D eigenvalue weighted by molar-refractivity contribution is 0.177. The Labute approximate surface area is 125 Å². The first-order valence-corrected chi connectivity index (χ1v) is 7.39. The molecule has 5 heteroatoms. The van der Waals surface area contributed by atoms with Gasteiger partial charge in [-0.25, -0.2) is 9.37 Å². The van der Waals surface area contributed by atoms with Gasteiger partial charge in [0.1, 0.15) is 5.01 Å². The lowest BCUT2D eigenvalue weighted by atomic mass is 10.1. The van der Waals surface area contributed by atoms with E-state index in [0.717, 1.165) is 11.3 Å². The summed E-state index contributed by atoms with van der Waals surface area (Å²) >= 11 is 1.36. The second kappa shape index (κ2) is 6.11. The highest BCUT2D eigenvalue weighted by atomic mass is 32.1. The van der Waals surface area contributed by atoms with Crippen molar-refractivity contribution in [1.29, 1.82) is 0 Å². The summed E-state index contributed by atoms with van der Waals surface area (Å²) in [5.74, 6) is -0.387. The monoisotopic (exact) mass is 300 g/mol. The Morgan fingerprint density at radius 3 is 2.76 bits per heavy atom. The fraction of sp³-hybridized carbons (Fsp3) is 0.125. The molecular formula is C16H13FN2OS. The van der Waals surface area contributed by atoms with E-state index in [2.05, 4.69) is 9.97 Å². The Morgan fingerprint density at radius 2 is 2.00 bits per heavy atom. The third-order valence-corrected chi connectivity index (χ3v) is 4.07. The summed E-state index contributed by atoms with van der Waals surface area (Å²) in [4.78, 5) is 8.12. The maximum atomic E-state index is 13.7. The summed E-state index contributed by atoms with van der Waals surface area (Å²) in [6.07, 6.45) is 2.52. The average molecular weight is 300 g/mol. The number of rotatable bonds is 4. The molecule has 1 atom stereocenters. The van der Waals surface area contributed by atoms with Gasteiger partial charge in [-0.1, -0.05) is 30.3 Å². The molecule has 3 nitrogen and oxygen atoms in total. The number of aliphatic hydroxyl groups is 1. The molecule has 1 unspecified atom stereocenters. The summed E-state index contributed by atoms with van der Waals surface area (Å²) in [6, 6.07) is 11.0. The molecule has 3 aromatic rings. The number of aromatic nitrogens is 2. The number of thiazole rings is 1. The molecule has 0 aliphatic carbocycles. The van der Waals surface area contributed by atoms with Gasteiger partial charge in [-0.15, -0.1) is 11.3 Å². The highest BCUT2D eigenvalue weighted by molar-refractivity contribution is 7.13. The molecule has 0 aliphatic heterocycles. The van der Waals surface area contributed by atoms with Crippen molar-refractivity contribution in [2.45, 2.75) is 12.5 Å². The normalized spacial score (nSPS) is 12.3. The zero-order chi connectivity index (χ0) is 14.7. The summed E-state index contributed by atoms with van der Waals surface area (Å²) in [5.41, 5.74) is 2.04. The molecule has 0 saturated carbocycles. The standard InChI is InChI=1S/C16H13FN2OS/c17-14-9-18-7-6-13(14)16-19-12(10-21-16)8-15(20)11-4-2-1-3-5-11/h1-7,9-10,15,20H,8H2. The maximum absolute atomic E-state index is 13.7. The molecule has 0 saturated heterocycles. The SMILES string of the molecule is OC(Cc1csc(-c2ccncc2F)n1)c1ccccc1. The van der Waals surface area contributed by atoms with Gasteiger partial charge in [0, 0.05) is 23.6 Å². The van der Waals surface area contributed by atoms with Crippen molar-refractivity contribution in [1.82, 2.24) is 9.97 Å². The first-order chi connectivity index (χ1) is 10.2. The van der Waals surface area contributed by atoms with Crippen molar-refractivity contribution < 1.29 is 9.50 Å². The number of aliphatic hydroxyl groups excluding tert-OH is 1. The molecule has 3 rings (SSSR count). The smallest absolute Gasteiger partial charge is 0.151 e. The van der Waals surface area contributed by atoms with Gasteiger partial charge in [-0.2, -0.15) is 0 Å². The van der Waals surface area contributed by atoms with E-state index in [9.17, 15) is 9.50 Å². The van der Waals surface area contributed by atoms with Crippen molar-refractivity contribution in [3.8, 4) is 10.6 Å². The first-order valence-electron chi connectivity index (χ1n) is 6.51. The molecule has 0 aliphatic rings. The predicted molar refractivity (Wildman–Crippen MR) is 80.4 cm³/mol. The first kappa shape index (κ1) is 13.9. The molecule has 2 heterocycles. The van der Waals surface area contributed by atoms with E-state index in [-0.39, 0.29) is 5.82 Å². The highest BCUT2D eigenvalue weighted by Gasteiger charge is 2.13. The van der Waals surface area contributed by atoms with Crippen LogP contribution in [0.25, 0.3) is 10.6 Å². The van der Waals surface area contributed by atoms with Crippen molar-refractivity contribution in [3.05, 3.63) is 71.2 Å². The van der Waals surface area contributed by atoms with Crippen LogP contribution < -0.4 is 0 Å². The predicted octanol–water partition coefficient (Wildman–Crippen LogP) is 3.62. The maximum Gasteiger partial charge on any atom is 0.151 e. The number of hydrogen-bond acceptors (Lipinski definition) is 4. The van der Waals surface area contributed by atoms with Gasteiger partial charge in [0.25, 0.3) is 0 Å². The van der Waals surface area contributed by atoms with Crippen LogP contribution in [0.2, 0.25) is 0 Å². The second-order valence-electron chi connectivity index (χ2n) is 4.63. The fourth-order valence-corrected chi connectivity index (χ4v) is 2.92. The van der Waals surface area contributed by atoms with Crippen molar-refractivity contribution >= 4 is 11.3 Å². The molecule has 0 amide bonds. The van der Waals surface area contributed by atoms with E-state index in [4.69, 9.17) is 0 Å². The van der Waals surface area contributed by atoms with Crippen LogP contribution in [0.5, 0.6) is 0 Å². The highest BCUT2D eigenvalue weighted by Crippen LogP contribution is 2.27. The van der Waals surface area contributed by atoms with Crippen molar-refractivity contribution in [2.75, 3.05) is 0 Å². The van der Waals surface area contributed by atoms with Gasteiger partial charge in [-0.3, -0.25) is 4.98 Å².